The first-order valence-corrected chi connectivity index (χ1v) is 10.2. The van der Waals surface area contributed by atoms with E-state index in [9.17, 15) is 4.79 Å². The van der Waals surface area contributed by atoms with Crippen LogP contribution >= 0.6 is 23.2 Å². The number of aromatic nitrogens is 3. The molecular formula is C23H16Cl2N4O. The van der Waals surface area contributed by atoms with Gasteiger partial charge in [-0.25, -0.2) is 0 Å². The first-order valence-electron chi connectivity index (χ1n) is 9.41. The minimum atomic E-state index is -0.289. The fraction of sp³-hybridized carbons (Fsp3) is 0.0870. The molecular weight excluding hydrogens is 419 g/mol. The SMILES string of the molecule is O=C1c2[nH]nc(-c3ccc(Cl)cc3)c2C(c2ccc(Cl)cc2)N1Cc1ccncc1. The monoisotopic (exact) mass is 434 g/mol. The maximum atomic E-state index is 13.3. The standard InChI is InChI=1S/C23H16Cl2N4O/c24-17-5-1-15(2-6-17)20-19-21(28-27-20)23(30)29(13-14-9-11-26-12-10-14)22(19)16-3-7-18(25)8-4-16/h1-12,22H,13H2,(H,27,28). The van der Waals surface area contributed by atoms with Crippen LogP contribution in [-0.4, -0.2) is 26.0 Å². The lowest BCUT2D eigenvalue weighted by Crippen LogP contribution is -2.29. The number of fused-ring (bicyclic) bond motifs is 1. The Morgan fingerprint density at radius 3 is 2.20 bits per heavy atom. The molecule has 3 heterocycles. The number of rotatable bonds is 4. The number of H-pyrrole nitrogens is 1. The quantitative estimate of drug-likeness (QED) is 0.459. The molecule has 0 saturated carbocycles. The van der Waals surface area contributed by atoms with Crippen molar-refractivity contribution in [2.75, 3.05) is 0 Å². The molecule has 2 aromatic carbocycles. The van der Waals surface area contributed by atoms with E-state index >= 15 is 0 Å². The maximum absolute atomic E-state index is 13.3. The Labute approximate surface area is 183 Å². The molecule has 1 aliphatic heterocycles. The van der Waals surface area contributed by atoms with Gasteiger partial charge in [0.15, 0.2) is 0 Å². The lowest BCUT2D eigenvalue weighted by Gasteiger charge is -2.26. The fourth-order valence-corrected chi connectivity index (χ4v) is 4.12. The summed E-state index contributed by atoms with van der Waals surface area (Å²) in [5, 5.41) is 8.73. The van der Waals surface area contributed by atoms with Crippen LogP contribution < -0.4 is 0 Å². The summed E-state index contributed by atoms with van der Waals surface area (Å²) in [6.45, 7) is 0.456. The van der Waals surface area contributed by atoms with E-state index in [0.29, 0.717) is 22.3 Å². The van der Waals surface area contributed by atoms with Crippen molar-refractivity contribution in [2.24, 2.45) is 0 Å². The van der Waals surface area contributed by atoms with Gasteiger partial charge in [0.2, 0.25) is 0 Å². The molecule has 1 atom stereocenters. The number of hydrogen-bond donors (Lipinski definition) is 1. The molecule has 0 fully saturated rings. The van der Waals surface area contributed by atoms with Gasteiger partial charge in [-0.2, -0.15) is 5.10 Å². The molecule has 0 aliphatic carbocycles. The van der Waals surface area contributed by atoms with Gasteiger partial charge in [-0.15, -0.1) is 0 Å². The molecule has 0 bridgehead atoms. The lowest BCUT2D eigenvalue weighted by atomic mass is 9.96. The molecule has 148 valence electrons. The lowest BCUT2D eigenvalue weighted by molar-refractivity contribution is 0.0730. The number of benzene rings is 2. The number of carbonyl (C=O) groups is 1. The van der Waals surface area contributed by atoms with Crippen LogP contribution in [0.25, 0.3) is 11.3 Å². The zero-order valence-corrected chi connectivity index (χ0v) is 17.2. The summed E-state index contributed by atoms with van der Waals surface area (Å²) in [4.78, 5) is 19.3. The summed E-state index contributed by atoms with van der Waals surface area (Å²) in [6.07, 6.45) is 3.46. The van der Waals surface area contributed by atoms with Gasteiger partial charge >= 0.3 is 0 Å². The van der Waals surface area contributed by atoms with Crippen molar-refractivity contribution in [1.29, 1.82) is 0 Å². The average molecular weight is 435 g/mol. The number of nitrogens with zero attached hydrogens (tertiary/aromatic N) is 3. The van der Waals surface area contributed by atoms with Crippen molar-refractivity contribution >= 4 is 29.1 Å². The van der Waals surface area contributed by atoms with Crippen LogP contribution in [0, 0.1) is 0 Å². The molecule has 4 aromatic rings. The number of hydrogen-bond acceptors (Lipinski definition) is 3. The molecule has 0 radical (unpaired) electrons. The molecule has 30 heavy (non-hydrogen) atoms. The fourth-order valence-electron chi connectivity index (χ4n) is 3.86. The second kappa shape index (κ2) is 7.59. The third-order valence-electron chi connectivity index (χ3n) is 5.27. The summed E-state index contributed by atoms with van der Waals surface area (Å²) < 4.78 is 0. The Balaban J connectivity index is 1.64. The average Bonchev–Trinajstić information content (AvgIpc) is 3.30. The summed E-state index contributed by atoms with van der Waals surface area (Å²) in [5.41, 5.74) is 4.98. The van der Waals surface area contributed by atoms with Gasteiger partial charge in [0.25, 0.3) is 5.91 Å². The van der Waals surface area contributed by atoms with E-state index < -0.39 is 0 Å². The first kappa shape index (κ1) is 18.9. The van der Waals surface area contributed by atoms with Crippen molar-refractivity contribution in [3.8, 4) is 11.3 Å². The van der Waals surface area contributed by atoms with Crippen molar-refractivity contribution < 1.29 is 4.79 Å². The Hall–Kier alpha value is -3.15. The Morgan fingerprint density at radius 2 is 1.53 bits per heavy atom. The normalized spacial score (nSPS) is 15.5. The van der Waals surface area contributed by atoms with Gasteiger partial charge in [-0.3, -0.25) is 14.9 Å². The molecule has 2 aromatic heterocycles. The van der Waals surface area contributed by atoms with Crippen LogP contribution in [0.15, 0.2) is 73.1 Å². The topological polar surface area (TPSA) is 61.9 Å². The predicted octanol–water partition coefficient (Wildman–Crippen LogP) is 5.52. The third-order valence-corrected chi connectivity index (χ3v) is 5.77. The molecule has 1 N–H and O–H groups in total. The van der Waals surface area contributed by atoms with Crippen molar-refractivity contribution in [2.45, 2.75) is 12.6 Å². The Kier molecular flexibility index (Phi) is 4.77. The van der Waals surface area contributed by atoms with Gasteiger partial charge in [-0.1, -0.05) is 47.5 Å². The van der Waals surface area contributed by atoms with E-state index in [1.54, 1.807) is 12.4 Å². The van der Waals surface area contributed by atoms with Crippen LogP contribution in [-0.2, 0) is 6.54 Å². The summed E-state index contributed by atoms with van der Waals surface area (Å²) in [6, 6.07) is 18.6. The van der Waals surface area contributed by atoms with Crippen molar-refractivity contribution in [3.05, 3.63) is 105 Å². The van der Waals surface area contributed by atoms with Crippen LogP contribution in [0.5, 0.6) is 0 Å². The number of amides is 1. The van der Waals surface area contributed by atoms with Gasteiger partial charge in [-0.05, 0) is 47.5 Å². The molecule has 1 unspecified atom stereocenters. The summed E-state index contributed by atoms with van der Waals surface area (Å²) >= 11 is 12.2. The van der Waals surface area contributed by atoms with E-state index in [1.807, 2.05) is 65.6 Å². The van der Waals surface area contributed by atoms with Gasteiger partial charge in [0.05, 0.1) is 11.7 Å². The Morgan fingerprint density at radius 1 is 0.900 bits per heavy atom. The number of halogens is 2. The smallest absolute Gasteiger partial charge is 0.273 e. The molecule has 1 aliphatic rings. The largest absolute Gasteiger partial charge is 0.322 e. The second-order valence-electron chi connectivity index (χ2n) is 7.11. The van der Waals surface area contributed by atoms with E-state index in [2.05, 4.69) is 15.2 Å². The summed E-state index contributed by atoms with van der Waals surface area (Å²) in [5.74, 6) is -0.0884. The number of nitrogens with one attached hydrogen (secondary N) is 1. The molecule has 5 nitrogen and oxygen atoms in total. The van der Waals surface area contributed by atoms with Crippen LogP contribution in [0.4, 0.5) is 0 Å². The second-order valence-corrected chi connectivity index (χ2v) is 7.98. The number of carbonyl (C=O) groups excluding carboxylic acids is 1. The number of pyridine rings is 1. The van der Waals surface area contributed by atoms with E-state index in [0.717, 1.165) is 27.9 Å². The van der Waals surface area contributed by atoms with Crippen molar-refractivity contribution in [1.82, 2.24) is 20.1 Å². The first-order chi connectivity index (χ1) is 14.6. The molecule has 7 heteroatoms. The van der Waals surface area contributed by atoms with Gasteiger partial charge in [0, 0.05) is 40.1 Å². The molecule has 1 amide bonds. The summed E-state index contributed by atoms with van der Waals surface area (Å²) in [7, 11) is 0. The van der Waals surface area contributed by atoms with Crippen LogP contribution in [0.3, 0.4) is 0 Å². The van der Waals surface area contributed by atoms with Crippen LogP contribution in [0.2, 0.25) is 10.0 Å². The zero-order chi connectivity index (χ0) is 20.7. The van der Waals surface area contributed by atoms with E-state index in [-0.39, 0.29) is 11.9 Å². The Bertz CT molecular complexity index is 1200. The maximum Gasteiger partial charge on any atom is 0.273 e. The minimum Gasteiger partial charge on any atom is -0.322 e. The predicted molar refractivity (Wildman–Crippen MR) is 116 cm³/mol. The van der Waals surface area contributed by atoms with E-state index in [1.165, 1.54) is 0 Å². The minimum absolute atomic E-state index is 0.0884. The highest BCUT2D eigenvalue weighted by Gasteiger charge is 2.42. The van der Waals surface area contributed by atoms with Crippen molar-refractivity contribution in [3.63, 3.8) is 0 Å². The molecule has 0 spiro atoms. The van der Waals surface area contributed by atoms with Crippen LogP contribution in [0.1, 0.15) is 33.2 Å². The third kappa shape index (κ3) is 3.26. The van der Waals surface area contributed by atoms with Gasteiger partial charge < -0.3 is 4.90 Å². The zero-order valence-electron chi connectivity index (χ0n) is 15.7. The van der Waals surface area contributed by atoms with E-state index in [4.69, 9.17) is 23.2 Å². The number of aromatic amines is 1. The highest BCUT2D eigenvalue weighted by Crippen LogP contribution is 2.43. The highest BCUT2D eigenvalue weighted by molar-refractivity contribution is 6.30. The highest BCUT2D eigenvalue weighted by atomic mass is 35.5. The molecule has 5 rings (SSSR count). The van der Waals surface area contributed by atoms with Gasteiger partial charge in [0.1, 0.15) is 5.69 Å². The molecule has 0 saturated heterocycles.